The van der Waals surface area contributed by atoms with E-state index in [0.29, 0.717) is 0 Å². The number of carboxylic acids is 1. The monoisotopic (exact) mass is 355 g/mol. The molecule has 6 heteroatoms. The Morgan fingerprint density at radius 2 is 2.37 bits per heavy atom. The summed E-state index contributed by atoms with van der Waals surface area (Å²) in [6, 6.07) is 5.76. The van der Waals surface area contributed by atoms with Crippen molar-refractivity contribution in [3.63, 3.8) is 0 Å². The van der Waals surface area contributed by atoms with E-state index in [0.717, 1.165) is 20.0 Å². The van der Waals surface area contributed by atoms with E-state index < -0.39 is 5.97 Å². The van der Waals surface area contributed by atoms with E-state index in [4.69, 9.17) is 10.4 Å². The zero-order valence-electron chi connectivity index (χ0n) is 10.0. The van der Waals surface area contributed by atoms with Gasteiger partial charge in [-0.05, 0) is 47.5 Å². The van der Waals surface area contributed by atoms with Crippen molar-refractivity contribution in [2.75, 3.05) is 0 Å². The van der Waals surface area contributed by atoms with Crippen LogP contribution in [0.15, 0.2) is 33.6 Å². The number of hydrogen-bond donors (Lipinski definition) is 1. The second kappa shape index (κ2) is 5.53. The van der Waals surface area contributed by atoms with Crippen LogP contribution in [0, 0.1) is 11.3 Å². The van der Waals surface area contributed by atoms with Crippen LogP contribution in [0.2, 0.25) is 0 Å². The maximum absolute atomic E-state index is 10.9. The van der Waals surface area contributed by atoms with E-state index in [-0.39, 0.29) is 10.3 Å². The number of carbonyl (C=O) groups is 1. The van der Waals surface area contributed by atoms with Crippen LogP contribution in [0.4, 0.5) is 0 Å². The number of thiophene rings is 1. The van der Waals surface area contributed by atoms with Crippen LogP contribution in [0.3, 0.4) is 0 Å². The van der Waals surface area contributed by atoms with Crippen molar-refractivity contribution in [3.8, 4) is 6.07 Å². The third-order valence-electron chi connectivity index (χ3n) is 2.65. The van der Waals surface area contributed by atoms with Gasteiger partial charge in [0, 0.05) is 14.5 Å². The van der Waals surface area contributed by atoms with Gasteiger partial charge in [0.15, 0.2) is 0 Å². The lowest BCUT2D eigenvalue weighted by molar-refractivity contribution is -0.132. The minimum atomic E-state index is -1.17. The molecule has 1 aromatic heterocycles. The normalized spacial score (nSPS) is 23.0. The Morgan fingerprint density at radius 3 is 2.89 bits per heavy atom. The number of halogens is 1. The predicted molar refractivity (Wildman–Crippen MR) is 81.9 cm³/mol. The number of hydrogen-bond acceptors (Lipinski definition) is 4. The summed E-state index contributed by atoms with van der Waals surface area (Å²) in [7, 11) is 0. The number of allylic oxidation sites excluding steroid dienone is 1. The van der Waals surface area contributed by atoms with Gasteiger partial charge in [0.2, 0.25) is 0 Å². The first-order valence-electron chi connectivity index (χ1n) is 5.45. The minimum Gasteiger partial charge on any atom is -0.477 e. The van der Waals surface area contributed by atoms with Crippen molar-refractivity contribution in [2.45, 2.75) is 18.1 Å². The number of thioether (sulfide) groups is 1. The molecular formula is C13H10BrNO2S2. The van der Waals surface area contributed by atoms with Gasteiger partial charge in [-0.3, -0.25) is 0 Å². The van der Waals surface area contributed by atoms with Crippen molar-refractivity contribution in [2.24, 2.45) is 0 Å². The van der Waals surface area contributed by atoms with Gasteiger partial charge in [-0.25, -0.2) is 4.79 Å². The van der Waals surface area contributed by atoms with Gasteiger partial charge in [0.05, 0.1) is 3.79 Å². The summed E-state index contributed by atoms with van der Waals surface area (Å²) in [5, 5.41) is 17.7. The highest BCUT2D eigenvalue weighted by Gasteiger charge is 2.31. The molecule has 0 aromatic carbocycles. The van der Waals surface area contributed by atoms with Crippen molar-refractivity contribution in [1.82, 2.24) is 0 Å². The van der Waals surface area contributed by atoms with E-state index in [1.165, 1.54) is 0 Å². The molecule has 19 heavy (non-hydrogen) atoms. The Hall–Kier alpha value is -1.03. The van der Waals surface area contributed by atoms with E-state index in [2.05, 4.69) is 22.0 Å². The van der Waals surface area contributed by atoms with Crippen LogP contribution in [-0.2, 0) is 4.79 Å². The molecule has 1 aromatic rings. The molecule has 1 unspecified atom stereocenters. The van der Waals surface area contributed by atoms with Crippen molar-refractivity contribution in [3.05, 3.63) is 38.5 Å². The van der Waals surface area contributed by atoms with Gasteiger partial charge in [0.25, 0.3) is 0 Å². The molecule has 1 atom stereocenters. The fourth-order valence-electron chi connectivity index (χ4n) is 1.76. The summed E-state index contributed by atoms with van der Waals surface area (Å²) in [5.74, 6) is -1.17. The molecule has 0 saturated carbocycles. The zero-order chi connectivity index (χ0) is 14.0. The summed E-state index contributed by atoms with van der Waals surface area (Å²) in [5.41, 5.74) is -0.197. The largest absolute Gasteiger partial charge is 0.477 e. The minimum absolute atomic E-state index is 0.197. The number of rotatable bonds is 3. The topological polar surface area (TPSA) is 61.1 Å². The number of carboxylic acid groups (broad SMARTS) is 1. The lowest BCUT2D eigenvalue weighted by Gasteiger charge is -2.18. The van der Waals surface area contributed by atoms with Crippen LogP contribution >= 0.6 is 39.0 Å². The van der Waals surface area contributed by atoms with Crippen molar-refractivity contribution >= 4 is 49.9 Å². The smallest absolute Gasteiger partial charge is 0.346 e. The summed E-state index contributed by atoms with van der Waals surface area (Å²) < 4.78 is 0.700. The lowest BCUT2D eigenvalue weighted by Crippen LogP contribution is -2.15. The maximum atomic E-state index is 10.9. The van der Waals surface area contributed by atoms with Crippen LogP contribution in [-0.4, -0.2) is 15.8 Å². The van der Waals surface area contributed by atoms with Gasteiger partial charge in [-0.2, -0.15) is 5.26 Å². The molecule has 0 bridgehead atoms. The zero-order valence-corrected chi connectivity index (χ0v) is 13.2. The van der Waals surface area contributed by atoms with Crippen LogP contribution in [0.25, 0.3) is 4.91 Å². The summed E-state index contributed by atoms with van der Waals surface area (Å²) >= 11 is 6.67. The Labute approximate surface area is 127 Å². The highest BCUT2D eigenvalue weighted by molar-refractivity contribution is 9.11. The molecule has 98 valence electrons. The third-order valence-corrected chi connectivity index (χ3v) is 5.80. The number of aliphatic carboxylic acids is 1. The van der Waals surface area contributed by atoms with E-state index in [1.54, 1.807) is 35.2 Å². The highest BCUT2D eigenvalue weighted by atomic mass is 79.9. The summed E-state index contributed by atoms with van der Waals surface area (Å²) in [6.07, 6.45) is 4.36. The van der Waals surface area contributed by atoms with Crippen LogP contribution in [0.1, 0.15) is 18.2 Å². The number of nitriles is 1. The first-order valence-corrected chi connectivity index (χ1v) is 7.87. The van der Waals surface area contributed by atoms with E-state index in [9.17, 15) is 4.79 Å². The maximum Gasteiger partial charge on any atom is 0.346 e. The molecule has 0 fully saturated rings. The highest BCUT2D eigenvalue weighted by Crippen LogP contribution is 2.49. The van der Waals surface area contributed by atoms with Gasteiger partial charge < -0.3 is 5.11 Å². The van der Waals surface area contributed by atoms with Gasteiger partial charge in [-0.15, -0.1) is 23.1 Å². The van der Waals surface area contributed by atoms with Crippen LogP contribution < -0.4 is 0 Å². The molecule has 2 heterocycles. The molecule has 1 N–H and O–H groups in total. The standard InChI is InChI=1S/C13H10BrNO2S2/c1-13(6-8(7-15)12(16)17)5-4-10(19-13)9-2-3-11(14)18-9/h2-4,6H,5H2,1H3,(H,16,17)/b8-6-. The molecule has 0 spiro atoms. The SMILES string of the molecule is CC1(/C=C(/C#N)C(=O)O)CC=C(c2ccc(Br)s2)S1. The molecule has 2 rings (SSSR count). The Morgan fingerprint density at radius 1 is 1.63 bits per heavy atom. The van der Waals surface area contributed by atoms with E-state index in [1.807, 2.05) is 19.1 Å². The fraction of sp³-hybridized carbons (Fsp3) is 0.231. The van der Waals surface area contributed by atoms with Gasteiger partial charge in [0.1, 0.15) is 11.6 Å². The summed E-state index contributed by atoms with van der Waals surface area (Å²) in [6.45, 7) is 1.95. The third kappa shape index (κ3) is 3.30. The number of nitrogens with zero attached hydrogens (tertiary/aromatic N) is 1. The Kier molecular flexibility index (Phi) is 4.19. The van der Waals surface area contributed by atoms with Gasteiger partial charge >= 0.3 is 5.97 Å². The average molecular weight is 356 g/mol. The molecule has 0 radical (unpaired) electrons. The Balaban J connectivity index is 2.20. The lowest BCUT2D eigenvalue weighted by atomic mass is 10.0. The molecule has 1 aliphatic heterocycles. The molecule has 0 aliphatic carbocycles. The first kappa shape index (κ1) is 14.4. The van der Waals surface area contributed by atoms with Crippen LogP contribution in [0.5, 0.6) is 0 Å². The Bertz CT molecular complexity index is 627. The molecule has 0 saturated heterocycles. The second-order valence-electron chi connectivity index (χ2n) is 4.27. The quantitative estimate of drug-likeness (QED) is 0.649. The van der Waals surface area contributed by atoms with Gasteiger partial charge in [-0.1, -0.05) is 6.08 Å². The van der Waals surface area contributed by atoms with Crippen molar-refractivity contribution < 1.29 is 9.90 Å². The van der Waals surface area contributed by atoms with E-state index >= 15 is 0 Å². The molecule has 0 amide bonds. The summed E-state index contributed by atoms with van der Waals surface area (Å²) in [4.78, 5) is 13.2. The predicted octanol–water partition coefficient (Wildman–Crippen LogP) is 4.28. The van der Waals surface area contributed by atoms with Crippen molar-refractivity contribution in [1.29, 1.82) is 5.26 Å². The second-order valence-corrected chi connectivity index (χ2v) is 8.31. The fourth-order valence-corrected chi connectivity index (χ4v) is 4.52. The first-order chi connectivity index (χ1) is 8.93. The molecule has 3 nitrogen and oxygen atoms in total. The molecular weight excluding hydrogens is 346 g/mol. The average Bonchev–Trinajstić information content (AvgIpc) is 2.93. The molecule has 1 aliphatic rings.